The Morgan fingerprint density at radius 3 is 2.58 bits per heavy atom. The average molecular weight is 560 g/mol. The Bertz CT molecular complexity index is 935. The van der Waals surface area contributed by atoms with Gasteiger partial charge in [-0.25, -0.2) is 0 Å². The molecule has 3 rings (SSSR count). The summed E-state index contributed by atoms with van der Waals surface area (Å²) in [4.78, 5) is 31.2. The fraction of sp³-hybridized carbons (Fsp3) is 0.750. The number of ether oxygens (including phenoxy) is 2. The number of aliphatic hydroxyl groups excluding tert-OH is 1. The van der Waals surface area contributed by atoms with Gasteiger partial charge < -0.3 is 29.7 Å². The van der Waals surface area contributed by atoms with E-state index in [1.54, 1.807) is 11.0 Å². The minimum Gasteiger partial charge on any atom is -0.490 e. The standard InChI is InChI=1S/C32H53N3O5/c1-6-17-34(5)21-30-23(2)20-35(24(3)22-36)32(38)28-19-27(33-31(37)26-13-8-7-9-14-26)15-16-29(28)40-25(4)12-10-11-18-39-30/h15-16,19,23-26,30,36H,6-14,17-18,20-22H2,1-5H3,(H,33,37)/t23-,24-,25+,30-/m0/s1. The molecule has 2 aliphatic rings. The molecule has 1 aliphatic carbocycles. The summed E-state index contributed by atoms with van der Waals surface area (Å²) >= 11 is 0. The molecule has 1 fully saturated rings. The largest absolute Gasteiger partial charge is 0.490 e. The highest BCUT2D eigenvalue weighted by atomic mass is 16.5. The van der Waals surface area contributed by atoms with Crippen LogP contribution in [0.5, 0.6) is 5.75 Å². The zero-order valence-corrected chi connectivity index (χ0v) is 25.5. The molecule has 226 valence electrons. The van der Waals surface area contributed by atoms with Crippen molar-refractivity contribution in [2.24, 2.45) is 11.8 Å². The number of aliphatic hydroxyl groups is 1. The normalized spacial score (nSPS) is 24.6. The molecule has 8 nitrogen and oxygen atoms in total. The van der Waals surface area contributed by atoms with Crippen molar-refractivity contribution < 1.29 is 24.2 Å². The highest BCUT2D eigenvalue weighted by molar-refractivity contribution is 6.00. The van der Waals surface area contributed by atoms with E-state index in [-0.39, 0.29) is 48.5 Å². The first kappa shape index (κ1) is 32.4. The van der Waals surface area contributed by atoms with Gasteiger partial charge in [0.1, 0.15) is 5.75 Å². The van der Waals surface area contributed by atoms with Crippen LogP contribution in [0, 0.1) is 11.8 Å². The third kappa shape index (κ3) is 9.45. The molecule has 8 heteroatoms. The first-order valence-electron chi connectivity index (χ1n) is 15.6. The average Bonchev–Trinajstić information content (AvgIpc) is 2.95. The summed E-state index contributed by atoms with van der Waals surface area (Å²) in [5.41, 5.74) is 1.02. The molecule has 4 atom stereocenters. The second kappa shape index (κ2) is 16.3. The van der Waals surface area contributed by atoms with Gasteiger partial charge in [0.2, 0.25) is 5.91 Å². The van der Waals surface area contributed by atoms with Crippen LogP contribution in [0.1, 0.15) is 95.8 Å². The van der Waals surface area contributed by atoms with Gasteiger partial charge in [-0.3, -0.25) is 9.59 Å². The summed E-state index contributed by atoms with van der Waals surface area (Å²) in [5, 5.41) is 13.2. The van der Waals surface area contributed by atoms with Gasteiger partial charge in [0, 0.05) is 37.2 Å². The maximum atomic E-state index is 14.2. The lowest BCUT2D eigenvalue weighted by molar-refractivity contribution is -0.120. The van der Waals surface area contributed by atoms with Crippen LogP contribution < -0.4 is 10.1 Å². The number of rotatable bonds is 8. The highest BCUT2D eigenvalue weighted by Gasteiger charge is 2.30. The van der Waals surface area contributed by atoms with Gasteiger partial charge in [0.05, 0.1) is 30.4 Å². The Kier molecular flexibility index (Phi) is 13.2. The minimum absolute atomic E-state index is 0.0175. The molecule has 1 aliphatic heterocycles. The van der Waals surface area contributed by atoms with Gasteiger partial charge in [0.15, 0.2) is 0 Å². The summed E-state index contributed by atoms with van der Waals surface area (Å²) < 4.78 is 12.7. The Balaban J connectivity index is 1.92. The number of hydrogen-bond acceptors (Lipinski definition) is 6. The van der Waals surface area contributed by atoms with E-state index in [0.29, 0.717) is 30.2 Å². The van der Waals surface area contributed by atoms with Crippen LogP contribution in [0.4, 0.5) is 5.69 Å². The van der Waals surface area contributed by atoms with Crippen molar-refractivity contribution in [2.45, 2.75) is 104 Å². The van der Waals surface area contributed by atoms with Crippen LogP contribution in [0.15, 0.2) is 18.2 Å². The molecule has 0 radical (unpaired) electrons. The molecule has 1 aromatic carbocycles. The van der Waals surface area contributed by atoms with Crippen molar-refractivity contribution in [1.29, 1.82) is 0 Å². The lowest BCUT2D eigenvalue weighted by Gasteiger charge is -2.36. The van der Waals surface area contributed by atoms with Crippen molar-refractivity contribution >= 4 is 17.5 Å². The third-order valence-electron chi connectivity index (χ3n) is 8.39. The monoisotopic (exact) mass is 559 g/mol. The number of fused-ring (bicyclic) bond motifs is 1. The number of hydrogen-bond donors (Lipinski definition) is 2. The predicted octanol–water partition coefficient (Wildman–Crippen LogP) is 5.34. The Morgan fingerprint density at radius 1 is 1.15 bits per heavy atom. The molecule has 1 aromatic rings. The number of benzene rings is 1. The van der Waals surface area contributed by atoms with Crippen LogP contribution in [0.25, 0.3) is 0 Å². The predicted molar refractivity (Wildman–Crippen MR) is 160 cm³/mol. The smallest absolute Gasteiger partial charge is 0.258 e. The molecular weight excluding hydrogens is 506 g/mol. The van der Waals surface area contributed by atoms with Crippen LogP contribution in [0.2, 0.25) is 0 Å². The second-order valence-electron chi connectivity index (χ2n) is 12.1. The topological polar surface area (TPSA) is 91.3 Å². The van der Waals surface area contributed by atoms with Crippen LogP contribution in [-0.2, 0) is 9.53 Å². The van der Waals surface area contributed by atoms with Crippen LogP contribution >= 0.6 is 0 Å². The van der Waals surface area contributed by atoms with Crippen molar-refractivity contribution in [2.75, 3.05) is 45.2 Å². The van der Waals surface area contributed by atoms with Crippen molar-refractivity contribution in [3.05, 3.63) is 23.8 Å². The molecular formula is C32H53N3O5. The number of nitrogens with zero attached hydrogens (tertiary/aromatic N) is 2. The van der Waals surface area contributed by atoms with E-state index in [1.165, 1.54) is 6.42 Å². The SMILES string of the molecule is CCCN(C)C[C@@H]1OCCCC[C@@H](C)Oc2ccc(NC(=O)C3CCCCC3)cc2C(=O)N([C@@H](C)CO)C[C@@H]1C. The number of carbonyl (C=O) groups is 2. The molecule has 0 spiro atoms. The van der Waals surface area contributed by atoms with E-state index in [1.807, 2.05) is 26.0 Å². The van der Waals surface area contributed by atoms with Crippen LogP contribution in [0.3, 0.4) is 0 Å². The van der Waals surface area contributed by atoms with Crippen molar-refractivity contribution in [3.63, 3.8) is 0 Å². The highest BCUT2D eigenvalue weighted by Crippen LogP contribution is 2.30. The zero-order chi connectivity index (χ0) is 29.1. The first-order chi connectivity index (χ1) is 19.2. The van der Waals surface area contributed by atoms with Crippen LogP contribution in [-0.4, -0.2) is 84.9 Å². The fourth-order valence-electron chi connectivity index (χ4n) is 5.85. The summed E-state index contributed by atoms with van der Waals surface area (Å²) in [5.74, 6) is 0.403. The van der Waals surface area contributed by atoms with E-state index < -0.39 is 0 Å². The summed E-state index contributed by atoms with van der Waals surface area (Å²) in [6.45, 7) is 10.9. The first-order valence-corrected chi connectivity index (χ1v) is 15.6. The van der Waals surface area contributed by atoms with Gasteiger partial charge in [-0.2, -0.15) is 0 Å². The van der Waals surface area contributed by atoms with Gasteiger partial charge in [0.25, 0.3) is 5.91 Å². The quantitative estimate of drug-likeness (QED) is 0.447. The Morgan fingerprint density at radius 2 is 1.88 bits per heavy atom. The van der Waals surface area contributed by atoms with Crippen molar-refractivity contribution in [3.8, 4) is 5.75 Å². The number of amides is 2. The third-order valence-corrected chi connectivity index (χ3v) is 8.39. The molecule has 40 heavy (non-hydrogen) atoms. The van der Waals surface area contributed by atoms with E-state index in [4.69, 9.17) is 9.47 Å². The zero-order valence-electron chi connectivity index (χ0n) is 25.5. The second-order valence-corrected chi connectivity index (χ2v) is 12.1. The fourth-order valence-corrected chi connectivity index (χ4v) is 5.85. The maximum absolute atomic E-state index is 14.2. The van der Waals surface area contributed by atoms with Gasteiger partial charge >= 0.3 is 0 Å². The van der Waals surface area contributed by atoms with E-state index in [2.05, 4.69) is 31.1 Å². The Labute approximate surface area is 241 Å². The minimum atomic E-state index is -0.386. The van der Waals surface area contributed by atoms with Crippen molar-refractivity contribution in [1.82, 2.24) is 9.80 Å². The number of nitrogens with one attached hydrogen (secondary N) is 1. The molecule has 0 unspecified atom stereocenters. The van der Waals surface area contributed by atoms with Gasteiger partial charge in [-0.05, 0) is 84.2 Å². The molecule has 0 aromatic heterocycles. The number of likely N-dealkylation sites (N-methyl/N-ethyl adjacent to an activating group) is 1. The van der Waals surface area contributed by atoms with Gasteiger partial charge in [-0.15, -0.1) is 0 Å². The lowest BCUT2D eigenvalue weighted by Crippen LogP contribution is -2.47. The van der Waals surface area contributed by atoms with E-state index >= 15 is 0 Å². The maximum Gasteiger partial charge on any atom is 0.258 e. The summed E-state index contributed by atoms with van der Waals surface area (Å²) in [6.07, 6.45) is 8.89. The molecule has 1 saturated carbocycles. The molecule has 2 N–H and O–H groups in total. The molecule has 1 heterocycles. The Hall–Kier alpha value is -2.16. The molecule has 0 saturated heterocycles. The van der Waals surface area contributed by atoms with Gasteiger partial charge in [-0.1, -0.05) is 33.1 Å². The molecule has 2 amide bonds. The number of carbonyl (C=O) groups excluding carboxylic acids is 2. The molecule has 0 bridgehead atoms. The summed E-state index contributed by atoms with van der Waals surface area (Å²) in [6, 6.07) is 5.01. The van der Waals surface area contributed by atoms with E-state index in [0.717, 1.165) is 64.5 Å². The summed E-state index contributed by atoms with van der Waals surface area (Å²) in [7, 11) is 2.11. The number of anilines is 1. The lowest BCUT2D eigenvalue weighted by atomic mass is 9.88. The van der Waals surface area contributed by atoms with E-state index in [9.17, 15) is 14.7 Å².